The van der Waals surface area contributed by atoms with Crippen molar-refractivity contribution >= 4 is 22.6 Å². The Labute approximate surface area is 58.2 Å². The van der Waals surface area contributed by atoms with Gasteiger partial charge in [0.15, 0.2) is 0 Å². The zero-order chi connectivity index (χ0) is 6.12. The molecule has 0 fully saturated rings. The summed E-state index contributed by atoms with van der Waals surface area (Å²) in [6.07, 6.45) is 1.86. The number of rotatable bonds is 1. The zero-order valence-corrected chi connectivity index (χ0v) is 6.47. The molecule has 1 nitrogen and oxygen atoms in total. The van der Waals surface area contributed by atoms with Crippen LogP contribution >= 0.6 is 22.6 Å². The van der Waals surface area contributed by atoms with Crippen LogP contribution in [-0.2, 0) is 0 Å². The molecule has 0 saturated carbocycles. The fourth-order valence-electron chi connectivity index (χ4n) is 0. The lowest BCUT2D eigenvalue weighted by atomic mass is 10.8. The molecule has 0 aromatic heterocycles. The lowest BCUT2D eigenvalue weighted by molar-refractivity contribution is 1.49. The lowest BCUT2D eigenvalue weighted by Crippen LogP contribution is -1.43. The molecule has 0 radical (unpaired) electrons. The van der Waals surface area contributed by atoms with E-state index in [1.807, 2.05) is 6.08 Å². The van der Waals surface area contributed by atoms with Crippen LogP contribution in [0.25, 0.3) is 0 Å². The number of alkyl halides is 1. The summed E-state index contributed by atoms with van der Waals surface area (Å²) in [5, 5.41) is 7.32. The number of hydrogen-bond donors (Lipinski definition) is 0. The smallest absolute Gasteiger partial charge is 0.0587 e. The van der Waals surface area contributed by atoms with Crippen LogP contribution in [-0.4, -0.2) is 4.43 Å². The minimum atomic E-state index is 1.05. The quantitative estimate of drug-likeness (QED) is 0.368. The molecule has 0 saturated heterocycles. The molecule has 0 unspecified atom stereocenters. The van der Waals surface area contributed by atoms with Gasteiger partial charge in [0.25, 0.3) is 0 Å². The third-order valence-corrected chi connectivity index (χ3v) is 0.732. The molecule has 0 atom stereocenters. The first-order valence-corrected chi connectivity index (χ1v) is 3.33. The number of hydrogen-bond acceptors (Lipinski definition) is 1. The van der Waals surface area contributed by atoms with Crippen LogP contribution in [0.1, 0.15) is 6.92 Å². The van der Waals surface area contributed by atoms with Gasteiger partial charge in [-0.1, -0.05) is 28.7 Å². The van der Waals surface area contributed by atoms with Gasteiger partial charge in [-0.3, -0.25) is 0 Å². The Morgan fingerprint density at radius 1 is 2.00 bits per heavy atom. The van der Waals surface area contributed by atoms with Crippen LogP contribution in [0.4, 0.5) is 0 Å². The van der Waals surface area contributed by atoms with E-state index in [0.29, 0.717) is 0 Å². The summed E-state index contributed by atoms with van der Waals surface area (Å²) >= 11 is 2.23. The Kier molecular flexibility index (Phi) is 24.0. The van der Waals surface area contributed by atoms with Gasteiger partial charge in [0.05, 0.1) is 6.07 Å². The van der Waals surface area contributed by atoms with Gasteiger partial charge in [0.2, 0.25) is 0 Å². The molecule has 40 valence electrons. The van der Waals surface area contributed by atoms with Crippen molar-refractivity contribution in [3.05, 3.63) is 12.7 Å². The van der Waals surface area contributed by atoms with Crippen molar-refractivity contribution in [2.75, 3.05) is 4.43 Å². The van der Waals surface area contributed by atoms with Gasteiger partial charge >= 0.3 is 0 Å². The van der Waals surface area contributed by atoms with Crippen molar-refractivity contribution in [2.45, 2.75) is 6.92 Å². The van der Waals surface area contributed by atoms with Crippen LogP contribution in [0.3, 0.4) is 0 Å². The monoisotopic (exact) mass is 209 g/mol. The molecule has 0 aromatic rings. The number of allylic oxidation sites excluding steroid dienone is 1. The van der Waals surface area contributed by atoms with Crippen LogP contribution in [0.15, 0.2) is 12.7 Å². The van der Waals surface area contributed by atoms with E-state index in [4.69, 9.17) is 5.26 Å². The van der Waals surface area contributed by atoms with Gasteiger partial charge < -0.3 is 0 Å². The summed E-state index contributed by atoms with van der Waals surface area (Å²) in [5.41, 5.74) is 0. The Morgan fingerprint density at radius 3 is 2.14 bits per heavy atom. The van der Waals surface area contributed by atoms with E-state index in [9.17, 15) is 0 Å². The van der Waals surface area contributed by atoms with Crippen molar-refractivity contribution < 1.29 is 0 Å². The summed E-state index contributed by atoms with van der Waals surface area (Å²) in [4.78, 5) is 0. The third-order valence-electron chi connectivity index (χ3n) is 0.109. The van der Waals surface area contributed by atoms with E-state index >= 15 is 0 Å². The minimum absolute atomic E-state index is 1.05. The van der Waals surface area contributed by atoms with Crippen LogP contribution < -0.4 is 0 Å². The predicted molar refractivity (Wildman–Crippen MR) is 40.4 cm³/mol. The maximum absolute atomic E-state index is 7.32. The van der Waals surface area contributed by atoms with Gasteiger partial charge in [-0.25, -0.2) is 0 Å². The number of nitrogens with zero attached hydrogens (tertiary/aromatic N) is 1. The summed E-state index contributed by atoms with van der Waals surface area (Å²) in [6.45, 7) is 4.90. The van der Waals surface area contributed by atoms with Gasteiger partial charge in [0, 0.05) is 11.4 Å². The topological polar surface area (TPSA) is 23.8 Å². The van der Waals surface area contributed by atoms with Crippen LogP contribution in [0.2, 0.25) is 0 Å². The average Bonchev–Trinajstić information content (AvgIpc) is 1.69. The first-order chi connectivity index (χ1) is 3.33. The molecular formula is C5H8IN. The van der Waals surface area contributed by atoms with Crippen molar-refractivity contribution in [2.24, 2.45) is 0 Å². The second-order valence-electron chi connectivity index (χ2n) is 0.667. The van der Waals surface area contributed by atoms with E-state index in [-0.39, 0.29) is 0 Å². The first-order valence-electron chi connectivity index (χ1n) is 1.81. The molecule has 0 aliphatic rings. The highest BCUT2D eigenvalue weighted by Gasteiger charge is 1.47. The molecule has 7 heavy (non-hydrogen) atoms. The van der Waals surface area contributed by atoms with Crippen molar-refractivity contribution in [1.82, 2.24) is 0 Å². The van der Waals surface area contributed by atoms with Gasteiger partial charge in [-0.2, -0.15) is 5.26 Å². The largest absolute Gasteiger partial charge is 0.199 e. The highest BCUT2D eigenvalue weighted by molar-refractivity contribution is 14.1. The maximum atomic E-state index is 7.32. The zero-order valence-electron chi connectivity index (χ0n) is 4.32. The highest BCUT2D eigenvalue weighted by atomic mass is 127. The predicted octanol–water partition coefficient (Wildman–Crippen LogP) is 2.14. The van der Waals surface area contributed by atoms with Crippen molar-refractivity contribution in [1.29, 1.82) is 5.26 Å². The minimum Gasteiger partial charge on any atom is -0.199 e. The summed E-state index contributed by atoms with van der Waals surface area (Å²) in [7, 11) is 0. The number of nitriles is 1. The molecule has 0 amide bonds. The van der Waals surface area contributed by atoms with Crippen molar-refractivity contribution in [3.63, 3.8) is 0 Å². The second-order valence-corrected chi connectivity index (χ2v) is 1.55. The molecule has 0 aliphatic carbocycles. The molecule has 0 N–H and O–H groups in total. The van der Waals surface area contributed by atoms with E-state index < -0.39 is 0 Å². The van der Waals surface area contributed by atoms with E-state index in [1.165, 1.54) is 6.92 Å². The average molecular weight is 209 g/mol. The lowest BCUT2D eigenvalue weighted by Gasteiger charge is -1.55. The van der Waals surface area contributed by atoms with Gasteiger partial charge in [-0.15, -0.1) is 6.58 Å². The fraction of sp³-hybridized carbons (Fsp3) is 0.400. The molecule has 0 spiro atoms. The normalized spacial score (nSPS) is 4.71. The van der Waals surface area contributed by atoms with Crippen molar-refractivity contribution in [3.8, 4) is 6.07 Å². The summed E-state index contributed by atoms with van der Waals surface area (Å²) in [5.74, 6) is 0. The van der Waals surface area contributed by atoms with E-state index in [1.54, 1.807) is 6.07 Å². The van der Waals surface area contributed by atoms with E-state index in [0.717, 1.165) is 4.43 Å². The molecule has 0 bridgehead atoms. The Morgan fingerprint density at radius 2 is 2.14 bits per heavy atom. The van der Waals surface area contributed by atoms with Gasteiger partial charge in [0.1, 0.15) is 0 Å². The molecule has 0 rings (SSSR count). The molecule has 0 aromatic carbocycles. The van der Waals surface area contributed by atoms with Crippen LogP contribution in [0, 0.1) is 11.3 Å². The molecule has 2 heteroatoms. The highest BCUT2D eigenvalue weighted by Crippen LogP contribution is 1.75. The Balaban J connectivity index is 0. The third kappa shape index (κ3) is 101. The maximum Gasteiger partial charge on any atom is 0.0587 e. The Bertz CT molecular complexity index is 63.0. The summed E-state index contributed by atoms with van der Waals surface area (Å²) < 4.78 is 1.05. The SMILES string of the molecule is C=CCI.CC#N. The van der Waals surface area contributed by atoms with E-state index in [2.05, 4.69) is 29.2 Å². The second kappa shape index (κ2) is 16.7. The summed E-state index contributed by atoms with van der Waals surface area (Å²) in [6, 6.07) is 1.75. The fourth-order valence-corrected chi connectivity index (χ4v) is 0. The Hall–Kier alpha value is -0.0400. The standard InChI is InChI=1S/C3H5I.C2H3N/c1-2-3-4;1-2-3/h2H,1,3H2;1H3. The van der Waals surface area contributed by atoms with Crippen LogP contribution in [0.5, 0.6) is 0 Å². The van der Waals surface area contributed by atoms with Gasteiger partial charge in [-0.05, 0) is 0 Å². The molecule has 0 heterocycles. The molecule has 0 aliphatic heterocycles. The number of halogens is 1. The first kappa shape index (κ1) is 10.0. The molecular weight excluding hydrogens is 201 g/mol.